The molecule has 0 atom stereocenters. The van der Waals surface area contributed by atoms with E-state index >= 15 is 0 Å². The maximum atomic E-state index is 10.9. The number of benzene rings is 1. The van der Waals surface area contributed by atoms with E-state index in [1.165, 1.54) is 6.07 Å². The Hall–Kier alpha value is -1.48. The van der Waals surface area contributed by atoms with E-state index in [1.807, 2.05) is 12.1 Å². The molecule has 13 heavy (non-hydrogen) atoms. The number of hydrogen-bond donors (Lipinski definition) is 1. The molecule has 0 radical (unpaired) electrons. The van der Waals surface area contributed by atoms with Gasteiger partial charge < -0.3 is 5.21 Å². The van der Waals surface area contributed by atoms with Gasteiger partial charge in [0.15, 0.2) is 0 Å². The Balaban J connectivity index is 0.000000845. The molecule has 3 nitrogen and oxygen atoms in total. The monoisotopic (exact) mass is 197 g/mol. The van der Waals surface area contributed by atoms with Gasteiger partial charge in [-0.25, -0.2) is 0 Å². The van der Waals surface area contributed by atoms with Crippen LogP contribution in [0, 0.1) is 0 Å². The van der Waals surface area contributed by atoms with E-state index in [2.05, 4.69) is 0 Å². The molecule has 0 spiro atoms. The molecular formula is C9H8ClNO2. The van der Waals surface area contributed by atoms with Gasteiger partial charge in [0.05, 0.1) is 5.52 Å². The van der Waals surface area contributed by atoms with Gasteiger partial charge in [0.25, 0.3) is 5.56 Å². The van der Waals surface area contributed by atoms with Crippen LogP contribution in [0.2, 0.25) is 0 Å². The van der Waals surface area contributed by atoms with Crippen LogP contribution >= 0.6 is 12.4 Å². The average Bonchev–Trinajstić information content (AvgIpc) is 2.12. The van der Waals surface area contributed by atoms with Crippen LogP contribution in [0.1, 0.15) is 0 Å². The predicted molar refractivity (Wildman–Crippen MR) is 52.6 cm³/mol. The van der Waals surface area contributed by atoms with E-state index in [0.29, 0.717) is 10.2 Å². The maximum absolute atomic E-state index is 10.9. The minimum absolute atomic E-state index is 0. The van der Waals surface area contributed by atoms with Crippen molar-refractivity contribution in [3.8, 4) is 0 Å². The fourth-order valence-corrected chi connectivity index (χ4v) is 1.17. The zero-order valence-electron chi connectivity index (χ0n) is 6.68. The highest BCUT2D eigenvalue weighted by Gasteiger charge is 1.97. The molecule has 68 valence electrons. The quantitative estimate of drug-likeness (QED) is 0.653. The molecule has 1 N–H and O–H groups in total. The SMILES string of the molecule is Cl.O=c1ccc2ccccc2n1O. The number of para-hydroxylation sites is 1. The number of aromatic nitrogens is 1. The fraction of sp³-hybridized carbons (Fsp3) is 0. The van der Waals surface area contributed by atoms with Gasteiger partial charge in [-0.3, -0.25) is 4.79 Å². The second-order valence-corrected chi connectivity index (χ2v) is 2.54. The van der Waals surface area contributed by atoms with Crippen molar-refractivity contribution in [2.24, 2.45) is 0 Å². The summed E-state index contributed by atoms with van der Waals surface area (Å²) >= 11 is 0. The lowest BCUT2D eigenvalue weighted by atomic mass is 10.2. The number of nitrogens with zero attached hydrogens (tertiary/aromatic N) is 1. The minimum Gasteiger partial charge on any atom is -0.425 e. The molecule has 2 rings (SSSR count). The van der Waals surface area contributed by atoms with E-state index in [4.69, 9.17) is 0 Å². The lowest BCUT2D eigenvalue weighted by molar-refractivity contribution is 0.188. The van der Waals surface area contributed by atoms with Gasteiger partial charge in [0.1, 0.15) is 0 Å². The number of fused-ring (bicyclic) bond motifs is 1. The molecule has 2 aromatic rings. The van der Waals surface area contributed by atoms with E-state index < -0.39 is 5.56 Å². The lowest BCUT2D eigenvalue weighted by Gasteiger charge is -2.00. The average molecular weight is 198 g/mol. The lowest BCUT2D eigenvalue weighted by Crippen LogP contribution is -2.15. The molecule has 1 aromatic heterocycles. The molecule has 4 heteroatoms. The maximum Gasteiger partial charge on any atom is 0.283 e. The van der Waals surface area contributed by atoms with Crippen LogP contribution in [0.4, 0.5) is 0 Å². The van der Waals surface area contributed by atoms with Crippen LogP contribution in [0.3, 0.4) is 0 Å². The second-order valence-electron chi connectivity index (χ2n) is 2.54. The summed E-state index contributed by atoms with van der Waals surface area (Å²) in [6.45, 7) is 0. The normalized spacial score (nSPS) is 9.54. The molecule has 0 saturated heterocycles. The molecular weight excluding hydrogens is 190 g/mol. The van der Waals surface area contributed by atoms with E-state index in [1.54, 1.807) is 18.2 Å². The first-order valence-electron chi connectivity index (χ1n) is 3.59. The highest BCUT2D eigenvalue weighted by molar-refractivity contribution is 5.85. The van der Waals surface area contributed by atoms with Gasteiger partial charge in [-0.2, -0.15) is 0 Å². The topological polar surface area (TPSA) is 42.2 Å². The summed E-state index contributed by atoms with van der Waals surface area (Å²) in [7, 11) is 0. The third-order valence-electron chi connectivity index (χ3n) is 1.78. The minimum atomic E-state index is -0.409. The summed E-state index contributed by atoms with van der Waals surface area (Å²) in [5, 5.41) is 10.1. The molecule has 0 aliphatic heterocycles. The number of hydrogen-bond acceptors (Lipinski definition) is 2. The highest BCUT2D eigenvalue weighted by atomic mass is 35.5. The van der Waals surface area contributed by atoms with Crippen molar-refractivity contribution in [3.05, 3.63) is 46.8 Å². The molecule has 0 aliphatic rings. The van der Waals surface area contributed by atoms with E-state index in [9.17, 15) is 10.0 Å². The predicted octanol–water partition coefficient (Wildman–Crippen LogP) is 1.66. The summed E-state index contributed by atoms with van der Waals surface area (Å²) in [6.07, 6.45) is 0. The first kappa shape index (κ1) is 9.61. The smallest absolute Gasteiger partial charge is 0.283 e. The summed E-state index contributed by atoms with van der Waals surface area (Å²) in [6, 6.07) is 10.2. The second kappa shape index (κ2) is 3.49. The highest BCUT2D eigenvalue weighted by Crippen LogP contribution is 2.08. The third-order valence-corrected chi connectivity index (χ3v) is 1.78. The van der Waals surface area contributed by atoms with Crippen LogP contribution in [0.15, 0.2) is 41.2 Å². The van der Waals surface area contributed by atoms with Gasteiger partial charge in [-0.05, 0) is 12.1 Å². The molecule has 1 aromatic carbocycles. The first-order valence-corrected chi connectivity index (χ1v) is 3.59. The van der Waals surface area contributed by atoms with Crippen molar-refractivity contribution >= 4 is 23.3 Å². The Labute approximate surface area is 80.6 Å². The van der Waals surface area contributed by atoms with Gasteiger partial charge in [0.2, 0.25) is 0 Å². The van der Waals surface area contributed by atoms with Crippen LogP contribution in [0.5, 0.6) is 0 Å². The van der Waals surface area contributed by atoms with Crippen molar-refractivity contribution in [2.45, 2.75) is 0 Å². The molecule has 0 unspecified atom stereocenters. The summed E-state index contributed by atoms with van der Waals surface area (Å²) in [5.74, 6) is 0. The number of halogens is 1. The van der Waals surface area contributed by atoms with Crippen molar-refractivity contribution in [3.63, 3.8) is 0 Å². The van der Waals surface area contributed by atoms with Crippen LogP contribution in [-0.2, 0) is 0 Å². The summed E-state index contributed by atoms with van der Waals surface area (Å²) in [5.41, 5.74) is 0.124. The Bertz CT molecular complexity index is 478. The summed E-state index contributed by atoms with van der Waals surface area (Å²) < 4.78 is 0.648. The van der Waals surface area contributed by atoms with E-state index in [-0.39, 0.29) is 12.4 Å². The summed E-state index contributed by atoms with van der Waals surface area (Å²) in [4.78, 5) is 10.9. The number of pyridine rings is 1. The molecule has 1 heterocycles. The van der Waals surface area contributed by atoms with Crippen LogP contribution in [-0.4, -0.2) is 9.94 Å². The van der Waals surface area contributed by atoms with Crippen LogP contribution in [0.25, 0.3) is 10.9 Å². The van der Waals surface area contributed by atoms with Gasteiger partial charge >= 0.3 is 0 Å². The Kier molecular flexibility index (Phi) is 2.58. The third kappa shape index (κ3) is 1.51. The Morgan fingerprint density at radius 2 is 1.77 bits per heavy atom. The molecule has 0 fully saturated rings. The van der Waals surface area contributed by atoms with Crippen molar-refractivity contribution in [2.75, 3.05) is 0 Å². The number of rotatable bonds is 0. The van der Waals surface area contributed by atoms with Crippen molar-refractivity contribution in [1.82, 2.24) is 4.73 Å². The largest absolute Gasteiger partial charge is 0.425 e. The first-order chi connectivity index (χ1) is 5.79. The van der Waals surface area contributed by atoms with E-state index in [0.717, 1.165) is 5.39 Å². The zero-order chi connectivity index (χ0) is 8.55. The zero-order valence-corrected chi connectivity index (χ0v) is 7.49. The van der Waals surface area contributed by atoms with Gasteiger partial charge in [-0.1, -0.05) is 18.2 Å². The Morgan fingerprint density at radius 1 is 1.08 bits per heavy atom. The van der Waals surface area contributed by atoms with Crippen LogP contribution < -0.4 is 5.56 Å². The molecule has 0 amide bonds. The van der Waals surface area contributed by atoms with Crippen molar-refractivity contribution < 1.29 is 5.21 Å². The van der Waals surface area contributed by atoms with Gasteiger partial charge in [0, 0.05) is 11.5 Å². The molecule has 0 bridgehead atoms. The standard InChI is InChI=1S/C9H7NO2.ClH/c11-9-6-5-7-3-1-2-4-8(7)10(9)12;/h1-6,12H;1H. The fourth-order valence-electron chi connectivity index (χ4n) is 1.17. The van der Waals surface area contributed by atoms with Crippen molar-refractivity contribution in [1.29, 1.82) is 0 Å². The molecule has 0 aliphatic carbocycles. The Morgan fingerprint density at radius 3 is 2.54 bits per heavy atom. The molecule has 0 saturated carbocycles. The van der Waals surface area contributed by atoms with Gasteiger partial charge in [-0.15, -0.1) is 17.1 Å².